The number of benzene rings is 1. The van der Waals surface area contributed by atoms with Crippen LogP contribution in [0.1, 0.15) is 53.8 Å². The molecule has 0 amide bonds. The van der Waals surface area contributed by atoms with E-state index in [1.165, 1.54) is 11.3 Å². The van der Waals surface area contributed by atoms with Gasteiger partial charge in [-0.2, -0.15) is 0 Å². The summed E-state index contributed by atoms with van der Waals surface area (Å²) in [7, 11) is 1.64. The van der Waals surface area contributed by atoms with Crippen molar-refractivity contribution in [3.05, 3.63) is 28.6 Å². The van der Waals surface area contributed by atoms with Crippen molar-refractivity contribution in [3.63, 3.8) is 0 Å². The van der Waals surface area contributed by atoms with E-state index in [0.717, 1.165) is 60.1 Å². The van der Waals surface area contributed by atoms with Gasteiger partial charge in [-0.3, -0.25) is 9.59 Å². The second kappa shape index (κ2) is 10.0. The van der Waals surface area contributed by atoms with Gasteiger partial charge < -0.3 is 19.3 Å². The van der Waals surface area contributed by atoms with Gasteiger partial charge in [-0.15, -0.1) is 11.3 Å². The highest BCUT2D eigenvalue weighted by molar-refractivity contribution is 7.20. The first-order valence-corrected chi connectivity index (χ1v) is 10.5. The number of thiophene rings is 1. The number of rotatable bonds is 10. The molecule has 7 heteroatoms. The lowest BCUT2D eigenvalue weighted by molar-refractivity contribution is -0.162. The molecule has 6 nitrogen and oxygen atoms in total. The summed E-state index contributed by atoms with van der Waals surface area (Å²) >= 11 is 1.38. The fourth-order valence-electron chi connectivity index (χ4n) is 3.30. The lowest BCUT2D eigenvalue weighted by Gasteiger charge is -2.22. The fourth-order valence-corrected chi connectivity index (χ4v) is 4.34. The van der Waals surface area contributed by atoms with Crippen molar-refractivity contribution in [1.29, 1.82) is 0 Å². The molecule has 0 aliphatic carbocycles. The van der Waals surface area contributed by atoms with Crippen LogP contribution < -0.4 is 4.74 Å². The third-order valence-corrected chi connectivity index (χ3v) is 5.93. The van der Waals surface area contributed by atoms with E-state index >= 15 is 0 Å². The van der Waals surface area contributed by atoms with Gasteiger partial charge in [0.15, 0.2) is 12.1 Å². The maximum Gasteiger partial charge on any atom is 0.303 e. The van der Waals surface area contributed by atoms with Crippen LogP contribution in [-0.4, -0.2) is 43.5 Å². The summed E-state index contributed by atoms with van der Waals surface area (Å²) in [6.45, 7) is 1.41. The number of carboxylic acid groups (broad SMARTS) is 1. The van der Waals surface area contributed by atoms with Gasteiger partial charge >= 0.3 is 5.97 Å². The number of aryl methyl sites for hydroxylation is 1. The van der Waals surface area contributed by atoms with Gasteiger partial charge in [0.2, 0.25) is 0 Å². The lowest BCUT2D eigenvalue weighted by Crippen LogP contribution is -2.22. The molecule has 28 heavy (non-hydrogen) atoms. The number of ketones is 1. The molecule has 1 aliphatic rings. The quantitative estimate of drug-likeness (QED) is 0.464. The number of carboxylic acids is 1. The van der Waals surface area contributed by atoms with Crippen LogP contribution in [0.25, 0.3) is 10.1 Å². The number of carbonyl (C=O) groups is 2. The number of hydrogen-bond donors (Lipinski definition) is 1. The molecule has 3 rings (SSSR count). The maximum atomic E-state index is 12.2. The van der Waals surface area contributed by atoms with E-state index < -0.39 is 5.97 Å². The normalized spacial score (nSPS) is 17.0. The van der Waals surface area contributed by atoms with Gasteiger partial charge in [0.25, 0.3) is 0 Å². The van der Waals surface area contributed by atoms with Crippen LogP contribution in [0.4, 0.5) is 0 Å². The van der Waals surface area contributed by atoms with Crippen molar-refractivity contribution in [2.75, 3.05) is 20.3 Å². The Kier molecular flexibility index (Phi) is 7.42. The Morgan fingerprint density at radius 2 is 2.11 bits per heavy atom. The second-order valence-electron chi connectivity index (χ2n) is 6.90. The number of carbonyl (C=O) groups excluding carboxylic acids is 1. The largest absolute Gasteiger partial charge is 0.496 e. The standard InChI is InChI=1S/C21H26O6S/c1-25-17-13-18-15(12-19(28-18)16(22)7-8-20(23)24)11-14(17)5-4-10-27-21-6-2-3-9-26-21/h11-13,21H,2-10H2,1H3,(H,23,24). The van der Waals surface area contributed by atoms with Gasteiger partial charge in [0.1, 0.15) is 5.75 Å². The Hall–Kier alpha value is -1.96. The molecule has 2 aromatic rings. The van der Waals surface area contributed by atoms with E-state index in [4.69, 9.17) is 19.3 Å². The van der Waals surface area contributed by atoms with Gasteiger partial charge in [-0.1, -0.05) is 0 Å². The number of fused-ring (bicyclic) bond motifs is 1. The molecule has 1 atom stereocenters. The average molecular weight is 407 g/mol. The van der Waals surface area contributed by atoms with Crippen LogP contribution in [-0.2, 0) is 20.7 Å². The molecule has 0 spiro atoms. The van der Waals surface area contributed by atoms with Crippen molar-refractivity contribution in [2.45, 2.75) is 51.2 Å². The monoisotopic (exact) mass is 406 g/mol. The molecular weight excluding hydrogens is 380 g/mol. The van der Waals surface area contributed by atoms with Crippen molar-refractivity contribution in [2.24, 2.45) is 0 Å². The minimum Gasteiger partial charge on any atom is -0.496 e. The van der Waals surface area contributed by atoms with Crippen LogP contribution in [0.15, 0.2) is 18.2 Å². The average Bonchev–Trinajstić information content (AvgIpc) is 3.12. The summed E-state index contributed by atoms with van der Waals surface area (Å²) < 4.78 is 17.9. The van der Waals surface area contributed by atoms with Gasteiger partial charge in [-0.25, -0.2) is 0 Å². The highest BCUT2D eigenvalue weighted by Gasteiger charge is 2.16. The minimum atomic E-state index is -0.959. The van der Waals surface area contributed by atoms with E-state index in [2.05, 4.69) is 6.07 Å². The molecule has 1 aromatic heterocycles. The smallest absolute Gasteiger partial charge is 0.303 e. The highest BCUT2D eigenvalue weighted by Crippen LogP contribution is 2.33. The van der Waals surface area contributed by atoms with Crippen LogP contribution >= 0.6 is 11.3 Å². The zero-order valence-corrected chi connectivity index (χ0v) is 16.9. The first-order valence-electron chi connectivity index (χ1n) is 9.65. The Labute approximate surface area is 168 Å². The van der Waals surface area contributed by atoms with E-state index in [1.807, 2.05) is 12.1 Å². The first-order chi connectivity index (χ1) is 13.6. The van der Waals surface area contributed by atoms with Crippen molar-refractivity contribution in [3.8, 4) is 5.75 Å². The molecule has 152 valence electrons. The second-order valence-corrected chi connectivity index (χ2v) is 7.98. The lowest BCUT2D eigenvalue weighted by atomic mass is 10.1. The predicted octanol–water partition coefficient (Wildman–Crippen LogP) is 4.43. The fraction of sp³-hybridized carbons (Fsp3) is 0.524. The summed E-state index contributed by atoms with van der Waals surface area (Å²) in [4.78, 5) is 23.5. The summed E-state index contributed by atoms with van der Waals surface area (Å²) in [6, 6.07) is 5.85. The van der Waals surface area contributed by atoms with Crippen molar-refractivity contribution < 1.29 is 28.9 Å². The summed E-state index contributed by atoms with van der Waals surface area (Å²) in [6.07, 6.45) is 4.69. The van der Waals surface area contributed by atoms with Crippen LogP contribution in [0.2, 0.25) is 0 Å². The van der Waals surface area contributed by atoms with Gasteiger partial charge in [-0.05, 0) is 61.3 Å². The van der Waals surface area contributed by atoms with Crippen LogP contribution in [0.3, 0.4) is 0 Å². The number of Topliss-reactive ketones (excluding diaryl/α,β-unsaturated/α-hetero) is 1. The summed E-state index contributed by atoms with van der Waals surface area (Å²) in [5, 5.41) is 9.74. The Balaban J connectivity index is 1.62. The molecule has 0 radical (unpaired) electrons. The molecule has 0 saturated carbocycles. The molecule has 2 heterocycles. The number of ether oxygens (including phenoxy) is 3. The number of aliphatic carboxylic acids is 1. The Morgan fingerprint density at radius 1 is 1.25 bits per heavy atom. The van der Waals surface area contributed by atoms with Crippen molar-refractivity contribution >= 4 is 33.2 Å². The SMILES string of the molecule is COc1cc2sc(C(=O)CCC(=O)O)cc2cc1CCCOC1CCCCO1. The molecular formula is C21H26O6S. The molecule has 0 bridgehead atoms. The topological polar surface area (TPSA) is 82.1 Å². The third-order valence-electron chi connectivity index (χ3n) is 4.79. The summed E-state index contributed by atoms with van der Waals surface area (Å²) in [5.74, 6) is -0.294. The Morgan fingerprint density at radius 3 is 2.82 bits per heavy atom. The molecule has 1 saturated heterocycles. The summed E-state index contributed by atoms with van der Waals surface area (Å²) in [5.41, 5.74) is 1.07. The zero-order valence-electron chi connectivity index (χ0n) is 16.1. The predicted molar refractivity (Wildman–Crippen MR) is 107 cm³/mol. The molecule has 1 aliphatic heterocycles. The first kappa shape index (κ1) is 20.8. The molecule has 1 N–H and O–H groups in total. The van der Waals surface area contributed by atoms with E-state index in [0.29, 0.717) is 11.5 Å². The van der Waals surface area contributed by atoms with E-state index in [1.54, 1.807) is 7.11 Å². The molecule has 1 unspecified atom stereocenters. The number of methoxy groups -OCH3 is 1. The third kappa shape index (κ3) is 5.53. The van der Waals surface area contributed by atoms with E-state index in [-0.39, 0.29) is 24.9 Å². The van der Waals surface area contributed by atoms with Gasteiger partial charge in [0, 0.05) is 17.7 Å². The molecule has 1 aromatic carbocycles. The number of hydrogen-bond acceptors (Lipinski definition) is 6. The molecule has 1 fully saturated rings. The zero-order chi connectivity index (χ0) is 19.9. The minimum absolute atomic E-state index is 0.0206. The Bertz CT molecular complexity index is 822. The van der Waals surface area contributed by atoms with Gasteiger partial charge in [0.05, 0.1) is 25.0 Å². The van der Waals surface area contributed by atoms with Crippen LogP contribution in [0, 0.1) is 0 Å². The highest BCUT2D eigenvalue weighted by atomic mass is 32.1. The maximum absolute atomic E-state index is 12.2. The van der Waals surface area contributed by atoms with Crippen LogP contribution in [0.5, 0.6) is 5.75 Å². The van der Waals surface area contributed by atoms with E-state index in [9.17, 15) is 9.59 Å². The van der Waals surface area contributed by atoms with Crippen molar-refractivity contribution in [1.82, 2.24) is 0 Å².